The highest BCUT2D eigenvalue weighted by Gasteiger charge is 2.55. The largest absolute Gasteiger partial charge is 0.326 e. The lowest BCUT2D eigenvalue weighted by molar-refractivity contribution is -0.115. The molecule has 0 radical (unpaired) electrons. The summed E-state index contributed by atoms with van der Waals surface area (Å²) >= 11 is 6.64. The summed E-state index contributed by atoms with van der Waals surface area (Å²) in [5.74, 6) is 2.53. The summed E-state index contributed by atoms with van der Waals surface area (Å²) in [6.45, 7) is 0. The van der Waals surface area contributed by atoms with E-state index in [0.717, 1.165) is 23.1 Å². The molecule has 1 heterocycles. The molecule has 3 heteroatoms. The maximum Gasteiger partial charge on any atom is 0.228 e. The van der Waals surface area contributed by atoms with Crippen molar-refractivity contribution in [2.24, 2.45) is 17.8 Å². The van der Waals surface area contributed by atoms with E-state index in [1.165, 1.54) is 24.8 Å². The number of amides is 1. The van der Waals surface area contributed by atoms with Crippen molar-refractivity contribution in [1.29, 1.82) is 0 Å². The van der Waals surface area contributed by atoms with Crippen LogP contribution in [0.5, 0.6) is 0 Å². The zero-order valence-corrected chi connectivity index (χ0v) is 10.9. The first-order chi connectivity index (χ1) is 8.74. The molecular formula is C15H16ClNO. The van der Waals surface area contributed by atoms with Gasteiger partial charge in [-0.3, -0.25) is 4.79 Å². The summed E-state index contributed by atoms with van der Waals surface area (Å²) < 4.78 is 0. The average Bonchev–Trinajstić information content (AvgIpc) is 2.74. The fourth-order valence-corrected chi connectivity index (χ4v) is 4.46. The Labute approximate surface area is 112 Å². The Morgan fingerprint density at radius 3 is 2.83 bits per heavy atom. The molecular weight excluding hydrogens is 246 g/mol. The second-order valence-corrected chi connectivity index (χ2v) is 6.35. The third kappa shape index (κ3) is 1.51. The van der Waals surface area contributed by atoms with Gasteiger partial charge in [-0.15, -0.1) is 11.6 Å². The molecule has 18 heavy (non-hydrogen) atoms. The Morgan fingerprint density at radius 2 is 2.06 bits per heavy atom. The molecule has 2 nitrogen and oxygen atoms in total. The van der Waals surface area contributed by atoms with Gasteiger partial charge < -0.3 is 5.32 Å². The lowest BCUT2D eigenvalue weighted by Gasteiger charge is -2.13. The molecule has 0 spiro atoms. The number of fused-ring (bicyclic) bond motifs is 2. The van der Waals surface area contributed by atoms with E-state index in [9.17, 15) is 4.79 Å². The number of rotatable bonds is 2. The number of carbonyl (C=O) groups is 1. The molecule has 1 aromatic rings. The predicted molar refractivity (Wildman–Crippen MR) is 71.7 cm³/mol. The van der Waals surface area contributed by atoms with Crippen LogP contribution in [0, 0.1) is 17.8 Å². The van der Waals surface area contributed by atoms with E-state index < -0.39 is 0 Å². The van der Waals surface area contributed by atoms with E-state index in [1.54, 1.807) is 0 Å². The van der Waals surface area contributed by atoms with Crippen LogP contribution in [0.2, 0.25) is 0 Å². The van der Waals surface area contributed by atoms with Gasteiger partial charge in [0.1, 0.15) is 0 Å². The second-order valence-electron chi connectivity index (χ2n) is 5.88. The minimum atomic E-state index is 0.0940. The van der Waals surface area contributed by atoms with Crippen molar-refractivity contribution >= 4 is 23.2 Å². The number of alkyl halides is 1. The van der Waals surface area contributed by atoms with Gasteiger partial charge in [-0.05, 0) is 47.8 Å². The number of anilines is 1. The molecule has 0 bridgehead atoms. The molecule has 1 N–H and O–H groups in total. The lowest BCUT2D eigenvalue weighted by Crippen LogP contribution is -2.03. The molecule has 2 aliphatic carbocycles. The van der Waals surface area contributed by atoms with Gasteiger partial charge in [-0.2, -0.15) is 0 Å². The van der Waals surface area contributed by atoms with Crippen molar-refractivity contribution in [3.63, 3.8) is 0 Å². The SMILES string of the molecule is O=C1Cc2cc(C(Cl)C3C4CCCC43)ccc2N1. The van der Waals surface area contributed by atoms with E-state index in [2.05, 4.69) is 17.4 Å². The van der Waals surface area contributed by atoms with Crippen molar-refractivity contribution in [3.8, 4) is 0 Å². The molecule has 2 saturated carbocycles. The lowest BCUT2D eigenvalue weighted by atomic mass is 9.99. The molecule has 4 rings (SSSR count). The molecule has 1 aromatic carbocycles. The van der Waals surface area contributed by atoms with Crippen LogP contribution in [0.3, 0.4) is 0 Å². The van der Waals surface area contributed by atoms with Gasteiger partial charge in [0, 0.05) is 5.69 Å². The van der Waals surface area contributed by atoms with Gasteiger partial charge in [0.2, 0.25) is 5.91 Å². The molecule has 3 unspecified atom stereocenters. The first-order valence-corrected chi connectivity index (χ1v) is 7.24. The van der Waals surface area contributed by atoms with Gasteiger partial charge in [-0.1, -0.05) is 18.6 Å². The van der Waals surface area contributed by atoms with Crippen LogP contribution >= 0.6 is 11.6 Å². The van der Waals surface area contributed by atoms with Crippen LogP contribution in [0.1, 0.15) is 35.8 Å². The normalized spacial score (nSPS) is 33.8. The van der Waals surface area contributed by atoms with Crippen LogP contribution in [-0.4, -0.2) is 5.91 Å². The summed E-state index contributed by atoms with van der Waals surface area (Å²) in [6.07, 6.45) is 4.62. The number of hydrogen-bond donors (Lipinski definition) is 1. The molecule has 0 aromatic heterocycles. The smallest absolute Gasteiger partial charge is 0.228 e. The van der Waals surface area contributed by atoms with Crippen LogP contribution in [0.4, 0.5) is 5.69 Å². The Balaban J connectivity index is 1.58. The quantitative estimate of drug-likeness (QED) is 0.811. The van der Waals surface area contributed by atoms with Crippen molar-refractivity contribution in [2.75, 3.05) is 5.32 Å². The van der Waals surface area contributed by atoms with Crippen molar-refractivity contribution in [1.82, 2.24) is 0 Å². The number of carbonyl (C=O) groups excluding carboxylic acids is 1. The van der Waals surface area contributed by atoms with Gasteiger partial charge >= 0.3 is 0 Å². The Kier molecular flexibility index (Phi) is 2.25. The highest BCUT2D eigenvalue weighted by molar-refractivity contribution is 6.21. The van der Waals surface area contributed by atoms with Crippen LogP contribution in [0.25, 0.3) is 0 Å². The third-order valence-corrected chi connectivity index (χ3v) is 5.43. The van der Waals surface area contributed by atoms with E-state index >= 15 is 0 Å². The van der Waals surface area contributed by atoms with Crippen molar-refractivity contribution in [3.05, 3.63) is 29.3 Å². The molecule has 3 aliphatic rings. The molecule has 2 fully saturated rings. The summed E-state index contributed by atoms with van der Waals surface area (Å²) in [5.41, 5.74) is 3.27. The Morgan fingerprint density at radius 1 is 1.28 bits per heavy atom. The minimum Gasteiger partial charge on any atom is -0.326 e. The molecule has 1 amide bonds. The van der Waals surface area contributed by atoms with Crippen molar-refractivity contribution in [2.45, 2.75) is 31.1 Å². The number of nitrogens with one attached hydrogen (secondary N) is 1. The standard InChI is InChI=1S/C15H16ClNO/c16-15(14-10-2-1-3-11(10)14)8-4-5-12-9(6-8)7-13(18)17-12/h4-6,10-11,14-15H,1-3,7H2,(H,17,18). The van der Waals surface area contributed by atoms with Crippen LogP contribution in [-0.2, 0) is 11.2 Å². The zero-order chi connectivity index (χ0) is 12.3. The topological polar surface area (TPSA) is 29.1 Å². The van der Waals surface area contributed by atoms with E-state index in [-0.39, 0.29) is 11.3 Å². The van der Waals surface area contributed by atoms with E-state index in [4.69, 9.17) is 11.6 Å². The number of halogens is 1. The molecule has 0 saturated heterocycles. The highest BCUT2D eigenvalue weighted by Crippen LogP contribution is 2.63. The third-order valence-electron chi connectivity index (χ3n) is 4.88. The summed E-state index contributed by atoms with van der Waals surface area (Å²) in [7, 11) is 0. The molecule has 1 aliphatic heterocycles. The van der Waals surface area contributed by atoms with Gasteiger partial charge in [0.25, 0.3) is 0 Å². The summed E-state index contributed by atoms with van der Waals surface area (Å²) in [4.78, 5) is 11.3. The maximum atomic E-state index is 11.3. The molecule has 94 valence electrons. The monoisotopic (exact) mass is 261 g/mol. The van der Waals surface area contributed by atoms with E-state index in [1.807, 2.05) is 6.07 Å². The number of hydrogen-bond acceptors (Lipinski definition) is 1. The minimum absolute atomic E-state index is 0.0940. The van der Waals surface area contributed by atoms with Gasteiger partial charge in [0.05, 0.1) is 11.8 Å². The maximum absolute atomic E-state index is 11.3. The Hall–Kier alpha value is -1.02. The van der Waals surface area contributed by atoms with Crippen molar-refractivity contribution < 1.29 is 4.79 Å². The fourth-order valence-electron chi connectivity index (χ4n) is 3.95. The van der Waals surface area contributed by atoms with Gasteiger partial charge in [0.15, 0.2) is 0 Å². The summed E-state index contributed by atoms with van der Waals surface area (Å²) in [5, 5.41) is 3.01. The van der Waals surface area contributed by atoms with Gasteiger partial charge in [-0.25, -0.2) is 0 Å². The van der Waals surface area contributed by atoms with Crippen LogP contribution in [0.15, 0.2) is 18.2 Å². The highest BCUT2D eigenvalue weighted by atomic mass is 35.5. The predicted octanol–water partition coefficient (Wildman–Crippen LogP) is 3.51. The first kappa shape index (κ1) is 10.9. The second kappa shape index (κ2) is 3.74. The van der Waals surface area contributed by atoms with Crippen LogP contribution < -0.4 is 5.32 Å². The van der Waals surface area contributed by atoms with E-state index in [0.29, 0.717) is 12.3 Å². The molecule has 3 atom stereocenters. The fraction of sp³-hybridized carbons (Fsp3) is 0.533. The Bertz CT molecular complexity index is 517. The zero-order valence-electron chi connectivity index (χ0n) is 10.2. The number of benzene rings is 1. The first-order valence-electron chi connectivity index (χ1n) is 6.81. The summed E-state index contributed by atoms with van der Waals surface area (Å²) in [6, 6.07) is 6.21. The average molecular weight is 262 g/mol.